The maximum Gasteiger partial charge on any atom is 0.179 e. The third kappa shape index (κ3) is 4.43. The van der Waals surface area contributed by atoms with Gasteiger partial charge in [-0.3, -0.25) is 14.7 Å². The van der Waals surface area contributed by atoms with Crippen molar-refractivity contribution in [1.82, 2.24) is 9.88 Å². The summed E-state index contributed by atoms with van der Waals surface area (Å²) in [5, 5.41) is 0. The lowest BCUT2D eigenvalue weighted by Crippen LogP contribution is -2.28. The van der Waals surface area contributed by atoms with E-state index in [1.165, 1.54) is 6.07 Å². The van der Waals surface area contributed by atoms with Crippen molar-refractivity contribution in [1.29, 1.82) is 0 Å². The fourth-order valence-corrected chi connectivity index (χ4v) is 1.99. The highest BCUT2D eigenvalue weighted by molar-refractivity contribution is 5.97. The molecule has 0 aliphatic heterocycles. The Morgan fingerprint density at radius 2 is 1.90 bits per heavy atom. The molecule has 0 saturated carbocycles. The van der Waals surface area contributed by atoms with Crippen molar-refractivity contribution in [3.05, 3.63) is 65.5 Å². The van der Waals surface area contributed by atoms with Crippen molar-refractivity contribution in [2.75, 3.05) is 20.1 Å². The Balaban J connectivity index is 1.90. The second kappa shape index (κ2) is 7.04. The van der Waals surface area contributed by atoms with Crippen LogP contribution in [0.5, 0.6) is 0 Å². The molecule has 21 heavy (non-hydrogen) atoms. The third-order valence-corrected chi connectivity index (χ3v) is 3.18. The predicted octanol–water partition coefficient (Wildman–Crippen LogP) is 2.72. The summed E-state index contributed by atoms with van der Waals surface area (Å²) >= 11 is 0. The van der Waals surface area contributed by atoms with Crippen molar-refractivity contribution in [3.8, 4) is 0 Å². The Labute approximate surface area is 122 Å². The first-order chi connectivity index (χ1) is 10.1. The summed E-state index contributed by atoms with van der Waals surface area (Å²) in [6.45, 7) is 0.756. The number of carbonyl (C=O) groups is 1. The number of rotatable bonds is 6. The van der Waals surface area contributed by atoms with Crippen LogP contribution in [-0.4, -0.2) is 35.8 Å². The van der Waals surface area contributed by atoms with E-state index in [0.29, 0.717) is 6.54 Å². The molecule has 1 aromatic heterocycles. The van der Waals surface area contributed by atoms with Gasteiger partial charge in [0.15, 0.2) is 5.78 Å². The fourth-order valence-electron chi connectivity index (χ4n) is 1.99. The molecule has 2 aromatic rings. The fraction of sp³-hybridized carbons (Fsp3) is 0.250. The number of aromatic nitrogens is 1. The van der Waals surface area contributed by atoms with Gasteiger partial charge in [-0.25, -0.2) is 8.78 Å². The molecule has 0 aliphatic rings. The van der Waals surface area contributed by atoms with E-state index in [0.717, 1.165) is 24.1 Å². The van der Waals surface area contributed by atoms with Gasteiger partial charge in [0, 0.05) is 25.0 Å². The number of ketones is 1. The summed E-state index contributed by atoms with van der Waals surface area (Å²) < 4.78 is 26.3. The van der Waals surface area contributed by atoms with Crippen molar-refractivity contribution < 1.29 is 13.6 Å². The molecular formula is C16H16F2N2O. The van der Waals surface area contributed by atoms with E-state index >= 15 is 0 Å². The van der Waals surface area contributed by atoms with Gasteiger partial charge in [0.1, 0.15) is 11.6 Å². The van der Waals surface area contributed by atoms with Crippen molar-refractivity contribution in [3.63, 3.8) is 0 Å². The topological polar surface area (TPSA) is 33.2 Å². The number of carbonyl (C=O) groups excluding carboxylic acids is 1. The minimum atomic E-state index is -0.817. The van der Waals surface area contributed by atoms with E-state index in [1.807, 2.05) is 17.0 Å². The molecule has 5 heteroatoms. The molecule has 0 radical (unpaired) electrons. The molecular weight excluding hydrogens is 274 g/mol. The zero-order valence-corrected chi connectivity index (χ0v) is 11.7. The largest absolute Gasteiger partial charge is 0.299 e. The van der Waals surface area contributed by atoms with E-state index in [-0.39, 0.29) is 17.9 Å². The molecule has 110 valence electrons. The number of nitrogens with zero attached hydrogens (tertiary/aromatic N) is 2. The Bertz CT molecular complexity index is 617. The zero-order valence-electron chi connectivity index (χ0n) is 11.7. The lowest BCUT2D eigenvalue weighted by molar-refractivity contribution is 0.0943. The highest BCUT2D eigenvalue weighted by atomic mass is 19.1. The van der Waals surface area contributed by atoms with Crippen LogP contribution in [-0.2, 0) is 6.42 Å². The van der Waals surface area contributed by atoms with E-state index in [2.05, 4.69) is 4.98 Å². The number of hydrogen-bond donors (Lipinski definition) is 0. The van der Waals surface area contributed by atoms with E-state index in [9.17, 15) is 13.6 Å². The van der Waals surface area contributed by atoms with Crippen LogP contribution in [0.25, 0.3) is 0 Å². The van der Waals surface area contributed by atoms with Crippen LogP contribution in [0.3, 0.4) is 0 Å². The standard InChI is InChI=1S/C16H16F2N2O/c1-20(9-6-12-4-7-19-8-5-12)11-16(21)14-3-2-13(17)10-15(14)18/h2-5,7-8,10H,6,9,11H2,1H3. The maximum atomic E-state index is 13.5. The van der Waals surface area contributed by atoms with Crippen LogP contribution in [0.1, 0.15) is 15.9 Å². The Morgan fingerprint density at radius 1 is 1.19 bits per heavy atom. The molecule has 0 bridgehead atoms. The number of Topliss-reactive ketones (excluding diaryl/α,β-unsaturated/α-hetero) is 1. The smallest absolute Gasteiger partial charge is 0.179 e. The summed E-state index contributed by atoms with van der Waals surface area (Å²) in [4.78, 5) is 17.7. The molecule has 0 amide bonds. The Kier molecular flexibility index (Phi) is 5.11. The number of halogens is 2. The summed E-state index contributed by atoms with van der Waals surface area (Å²) in [5.41, 5.74) is 1.05. The molecule has 2 rings (SSSR count). The zero-order chi connectivity index (χ0) is 15.2. The molecule has 0 spiro atoms. The van der Waals surface area contributed by atoms with Crippen molar-refractivity contribution >= 4 is 5.78 Å². The third-order valence-electron chi connectivity index (χ3n) is 3.18. The molecule has 0 N–H and O–H groups in total. The van der Waals surface area contributed by atoms with Gasteiger partial charge in [-0.1, -0.05) is 0 Å². The van der Waals surface area contributed by atoms with Crippen LogP contribution in [0, 0.1) is 11.6 Å². The summed E-state index contributed by atoms with van der Waals surface area (Å²) in [6.07, 6.45) is 4.21. The van der Waals surface area contributed by atoms with Crippen molar-refractivity contribution in [2.24, 2.45) is 0 Å². The number of benzene rings is 1. The first kappa shape index (κ1) is 15.3. The average molecular weight is 290 g/mol. The second-order valence-corrected chi connectivity index (χ2v) is 4.89. The first-order valence-corrected chi connectivity index (χ1v) is 6.62. The Morgan fingerprint density at radius 3 is 2.57 bits per heavy atom. The maximum absolute atomic E-state index is 13.5. The highest BCUT2D eigenvalue weighted by Crippen LogP contribution is 2.11. The van der Waals surface area contributed by atoms with Gasteiger partial charge in [-0.05, 0) is 43.3 Å². The van der Waals surface area contributed by atoms with Crippen molar-refractivity contribution in [2.45, 2.75) is 6.42 Å². The minimum absolute atomic E-state index is 0.0767. The lowest BCUT2D eigenvalue weighted by atomic mass is 10.1. The number of hydrogen-bond acceptors (Lipinski definition) is 3. The summed E-state index contributed by atoms with van der Waals surface area (Å²) in [6, 6.07) is 6.83. The number of pyridine rings is 1. The van der Waals surface area contributed by atoms with Gasteiger partial charge < -0.3 is 0 Å². The molecule has 1 aromatic carbocycles. The molecule has 0 aliphatic carbocycles. The first-order valence-electron chi connectivity index (χ1n) is 6.62. The van der Waals surface area contributed by atoms with Gasteiger partial charge in [-0.2, -0.15) is 0 Å². The molecule has 0 atom stereocenters. The molecule has 0 unspecified atom stereocenters. The molecule has 0 fully saturated rings. The van der Waals surface area contributed by atoms with E-state index < -0.39 is 11.6 Å². The van der Waals surface area contributed by atoms with Gasteiger partial charge >= 0.3 is 0 Å². The highest BCUT2D eigenvalue weighted by Gasteiger charge is 2.14. The Hall–Kier alpha value is -2.14. The number of likely N-dealkylation sites (N-methyl/N-ethyl adjacent to an activating group) is 1. The molecule has 0 saturated heterocycles. The minimum Gasteiger partial charge on any atom is -0.299 e. The summed E-state index contributed by atoms with van der Waals surface area (Å²) in [7, 11) is 1.79. The van der Waals surface area contributed by atoms with Crippen LogP contribution >= 0.6 is 0 Å². The van der Waals surface area contributed by atoms with Gasteiger partial charge in [0.25, 0.3) is 0 Å². The van der Waals surface area contributed by atoms with Crippen LogP contribution < -0.4 is 0 Å². The normalized spacial score (nSPS) is 10.9. The molecule has 1 heterocycles. The average Bonchev–Trinajstić information content (AvgIpc) is 2.46. The van der Waals surface area contributed by atoms with Gasteiger partial charge in [0.05, 0.1) is 12.1 Å². The monoisotopic (exact) mass is 290 g/mol. The van der Waals surface area contributed by atoms with Gasteiger partial charge in [-0.15, -0.1) is 0 Å². The van der Waals surface area contributed by atoms with Crippen LogP contribution in [0.4, 0.5) is 8.78 Å². The SMILES string of the molecule is CN(CCc1ccncc1)CC(=O)c1ccc(F)cc1F. The summed E-state index contributed by atoms with van der Waals surface area (Å²) in [5.74, 6) is -1.86. The van der Waals surface area contributed by atoms with E-state index in [1.54, 1.807) is 19.4 Å². The second-order valence-electron chi connectivity index (χ2n) is 4.89. The molecule has 3 nitrogen and oxygen atoms in total. The van der Waals surface area contributed by atoms with Gasteiger partial charge in [0.2, 0.25) is 0 Å². The quantitative estimate of drug-likeness (QED) is 0.767. The lowest BCUT2D eigenvalue weighted by Gasteiger charge is -2.15. The van der Waals surface area contributed by atoms with E-state index in [4.69, 9.17) is 0 Å². The van der Waals surface area contributed by atoms with Crippen LogP contribution in [0.2, 0.25) is 0 Å². The predicted molar refractivity (Wildman–Crippen MR) is 76.1 cm³/mol. The van der Waals surface area contributed by atoms with Crippen LogP contribution in [0.15, 0.2) is 42.7 Å².